The third-order valence-electron chi connectivity index (χ3n) is 2.06. The van der Waals surface area contributed by atoms with Crippen LogP contribution in [0.1, 0.15) is 31.9 Å². The Kier molecular flexibility index (Phi) is 2.86. The lowest BCUT2D eigenvalue weighted by molar-refractivity contribution is 0.0949. The number of hydrogen-bond acceptors (Lipinski definition) is 0. The van der Waals surface area contributed by atoms with Crippen molar-refractivity contribution in [3.8, 4) is 0 Å². The molecule has 0 saturated carbocycles. The smallest absolute Gasteiger partial charge is 0.183 e. The van der Waals surface area contributed by atoms with Crippen LogP contribution < -0.4 is 0 Å². The van der Waals surface area contributed by atoms with Gasteiger partial charge in [-0.3, -0.25) is 0 Å². The van der Waals surface area contributed by atoms with Crippen molar-refractivity contribution in [1.82, 2.24) is 0 Å². The fourth-order valence-electron chi connectivity index (χ4n) is 1.16. The van der Waals surface area contributed by atoms with Crippen molar-refractivity contribution in [2.24, 2.45) is 0 Å². The average Bonchev–Trinajstić information content (AvgIpc) is 2.01. The van der Waals surface area contributed by atoms with Crippen LogP contribution in [0, 0.1) is 0 Å². The van der Waals surface area contributed by atoms with E-state index in [1.54, 1.807) is 6.07 Å². The molecule has 3 heteroatoms. The van der Waals surface area contributed by atoms with Crippen LogP contribution in [0.5, 0.6) is 0 Å². The number of benzene rings is 1. The maximum absolute atomic E-state index is 12.8. The Morgan fingerprint density at radius 1 is 1.07 bits per heavy atom. The molecule has 0 atom stereocenters. The van der Waals surface area contributed by atoms with Crippen molar-refractivity contribution in [3.05, 3.63) is 35.4 Å². The van der Waals surface area contributed by atoms with Gasteiger partial charge in [-0.05, 0) is 28.6 Å². The zero-order valence-corrected chi connectivity index (χ0v) is 9.20. The summed E-state index contributed by atoms with van der Waals surface area (Å²) >= 11 is 4.95. The minimum Gasteiger partial charge on any atom is -0.183 e. The molecule has 0 heterocycles. The molecule has 0 nitrogen and oxygen atoms in total. The molecule has 0 saturated heterocycles. The number of halogens is 3. The molecular formula is C11H13ClF2. The summed E-state index contributed by atoms with van der Waals surface area (Å²) < 4.78 is 25.6. The lowest BCUT2D eigenvalue weighted by Crippen LogP contribution is -2.13. The van der Waals surface area contributed by atoms with Crippen LogP contribution in [-0.4, -0.2) is 0 Å². The highest BCUT2D eigenvalue weighted by Gasteiger charge is 2.28. The van der Waals surface area contributed by atoms with E-state index in [4.69, 9.17) is 11.6 Å². The first kappa shape index (κ1) is 11.4. The summed E-state index contributed by atoms with van der Waals surface area (Å²) in [6, 6.07) is 6.22. The quantitative estimate of drug-likeness (QED) is 0.618. The highest BCUT2D eigenvalue weighted by Crippen LogP contribution is 2.34. The largest absolute Gasteiger partial charge is 0.348 e. The van der Waals surface area contributed by atoms with E-state index in [0.717, 1.165) is 5.56 Å². The predicted molar refractivity (Wildman–Crippen MR) is 54.9 cm³/mol. The summed E-state index contributed by atoms with van der Waals surface area (Å²) in [5.74, 6) is 0. The van der Waals surface area contributed by atoms with Gasteiger partial charge in [0.2, 0.25) is 0 Å². The number of alkyl halides is 3. The molecule has 0 spiro atoms. The van der Waals surface area contributed by atoms with Crippen LogP contribution in [0.4, 0.5) is 8.78 Å². The number of hydrogen-bond donors (Lipinski definition) is 0. The molecule has 0 aliphatic heterocycles. The minimum atomic E-state index is -3.28. The molecule has 0 bridgehead atoms. The van der Waals surface area contributed by atoms with E-state index >= 15 is 0 Å². The monoisotopic (exact) mass is 218 g/mol. The maximum atomic E-state index is 12.8. The summed E-state index contributed by atoms with van der Waals surface area (Å²) in [5, 5.41) is -3.28. The van der Waals surface area contributed by atoms with Crippen molar-refractivity contribution in [2.45, 2.75) is 31.6 Å². The first-order chi connectivity index (χ1) is 6.21. The standard InChI is InChI=1S/C11H13ClF2/c1-10(2,3)8-5-4-6-9(7-8)11(12,13)14/h4-7H,1-3H3. The Morgan fingerprint density at radius 3 is 2.00 bits per heavy atom. The van der Waals surface area contributed by atoms with Gasteiger partial charge in [0.15, 0.2) is 0 Å². The molecular weight excluding hydrogens is 206 g/mol. The Balaban J connectivity index is 3.15. The molecule has 0 aliphatic rings. The molecule has 1 rings (SSSR count). The molecule has 0 amide bonds. The molecule has 0 aliphatic carbocycles. The van der Waals surface area contributed by atoms with Crippen LogP contribution in [0.3, 0.4) is 0 Å². The summed E-state index contributed by atoms with van der Waals surface area (Å²) in [6.45, 7) is 5.91. The average molecular weight is 219 g/mol. The van der Waals surface area contributed by atoms with Gasteiger partial charge < -0.3 is 0 Å². The van der Waals surface area contributed by atoms with Crippen LogP contribution in [0.2, 0.25) is 0 Å². The Bertz CT molecular complexity index is 292. The maximum Gasteiger partial charge on any atom is 0.348 e. The van der Waals surface area contributed by atoms with E-state index in [1.807, 2.05) is 26.8 Å². The van der Waals surface area contributed by atoms with Crippen LogP contribution >= 0.6 is 11.6 Å². The van der Waals surface area contributed by atoms with Crippen LogP contribution in [0.25, 0.3) is 0 Å². The number of rotatable bonds is 1. The second kappa shape index (κ2) is 3.50. The topological polar surface area (TPSA) is 0 Å². The van der Waals surface area contributed by atoms with Crippen molar-refractivity contribution in [3.63, 3.8) is 0 Å². The second-order valence-corrected chi connectivity index (χ2v) is 4.80. The second-order valence-electron chi connectivity index (χ2n) is 4.33. The SMILES string of the molecule is CC(C)(C)c1cccc(C(F)(F)Cl)c1. The van der Waals surface area contributed by atoms with Gasteiger partial charge in [0.05, 0.1) is 0 Å². The van der Waals surface area contributed by atoms with Gasteiger partial charge in [-0.1, -0.05) is 39.0 Å². The van der Waals surface area contributed by atoms with Crippen molar-refractivity contribution >= 4 is 11.6 Å². The molecule has 1 aromatic rings. The van der Waals surface area contributed by atoms with E-state index in [0.29, 0.717) is 0 Å². The Hall–Kier alpha value is -0.630. The molecule has 0 unspecified atom stereocenters. The minimum absolute atomic E-state index is 0.141. The molecule has 0 N–H and O–H groups in total. The van der Waals surface area contributed by atoms with E-state index < -0.39 is 5.38 Å². The molecule has 78 valence electrons. The van der Waals surface area contributed by atoms with Gasteiger partial charge in [-0.2, -0.15) is 8.78 Å². The summed E-state index contributed by atoms with van der Waals surface area (Å²) in [4.78, 5) is 0. The fourth-order valence-corrected chi connectivity index (χ4v) is 1.28. The third-order valence-corrected chi connectivity index (χ3v) is 2.27. The molecule has 0 radical (unpaired) electrons. The summed E-state index contributed by atoms with van der Waals surface area (Å²) in [5.41, 5.74) is 0.569. The Morgan fingerprint density at radius 2 is 1.57 bits per heavy atom. The predicted octanol–water partition coefficient (Wildman–Crippen LogP) is 4.27. The highest BCUT2D eigenvalue weighted by atomic mass is 35.5. The lowest BCUT2D eigenvalue weighted by Gasteiger charge is -2.20. The first-order valence-electron chi connectivity index (χ1n) is 4.39. The first-order valence-corrected chi connectivity index (χ1v) is 4.77. The van der Waals surface area contributed by atoms with Crippen molar-refractivity contribution in [1.29, 1.82) is 0 Å². The van der Waals surface area contributed by atoms with Gasteiger partial charge in [-0.15, -0.1) is 0 Å². The van der Waals surface area contributed by atoms with Gasteiger partial charge in [-0.25, -0.2) is 0 Å². The van der Waals surface area contributed by atoms with Gasteiger partial charge >= 0.3 is 5.38 Å². The molecule has 14 heavy (non-hydrogen) atoms. The van der Waals surface area contributed by atoms with E-state index in [-0.39, 0.29) is 11.0 Å². The zero-order chi connectivity index (χ0) is 11.0. The summed E-state index contributed by atoms with van der Waals surface area (Å²) in [6.07, 6.45) is 0. The highest BCUT2D eigenvalue weighted by molar-refractivity contribution is 6.21. The lowest BCUT2D eigenvalue weighted by atomic mass is 9.86. The zero-order valence-electron chi connectivity index (χ0n) is 8.44. The van der Waals surface area contributed by atoms with Crippen molar-refractivity contribution in [2.75, 3.05) is 0 Å². The molecule has 0 aromatic heterocycles. The molecule has 0 fully saturated rings. The van der Waals surface area contributed by atoms with E-state index in [9.17, 15) is 8.78 Å². The summed E-state index contributed by atoms with van der Waals surface area (Å²) in [7, 11) is 0. The normalized spacial score (nSPS) is 13.0. The van der Waals surface area contributed by atoms with E-state index in [2.05, 4.69) is 0 Å². The molecule has 1 aromatic carbocycles. The van der Waals surface area contributed by atoms with E-state index in [1.165, 1.54) is 12.1 Å². The Labute approximate surface area is 87.9 Å². The van der Waals surface area contributed by atoms with Crippen LogP contribution in [0.15, 0.2) is 24.3 Å². The van der Waals surface area contributed by atoms with Gasteiger partial charge in [0, 0.05) is 5.56 Å². The van der Waals surface area contributed by atoms with Crippen LogP contribution in [-0.2, 0) is 10.8 Å². The van der Waals surface area contributed by atoms with Crippen molar-refractivity contribution < 1.29 is 8.78 Å². The third kappa shape index (κ3) is 2.68. The van der Waals surface area contributed by atoms with Gasteiger partial charge in [0.1, 0.15) is 0 Å². The fraction of sp³-hybridized carbons (Fsp3) is 0.455. The van der Waals surface area contributed by atoms with Gasteiger partial charge in [0.25, 0.3) is 0 Å².